The monoisotopic (exact) mass is 414 g/mol. The number of nitrogens with zero attached hydrogens (tertiary/aromatic N) is 2. The van der Waals surface area contributed by atoms with Gasteiger partial charge in [-0.3, -0.25) is 14.5 Å². The van der Waals surface area contributed by atoms with E-state index in [9.17, 15) is 14.4 Å². The van der Waals surface area contributed by atoms with Crippen molar-refractivity contribution < 1.29 is 19.1 Å². The molecule has 2 heterocycles. The van der Waals surface area contributed by atoms with E-state index in [1.165, 1.54) is 12.8 Å². The maximum atomic E-state index is 13.0. The molecule has 1 aromatic heterocycles. The molecule has 1 aromatic rings. The molecule has 2 N–H and O–H groups in total. The Balaban J connectivity index is 1.32. The smallest absolute Gasteiger partial charge is 0.325 e. The summed E-state index contributed by atoms with van der Waals surface area (Å²) < 4.78 is 5.90. The summed E-state index contributed by atoms with van der Waals surface area (Å²) in [7, 11) is 0. The highest BCUT2D eigenvalue weighted by atomic mass is 16.5. The Morgan fingerprint density at radius 1 is 1.27 bits per heavy atom. The number of urea groups is 1. The topological polar surface area (TPSA) is 101 Å². The minimum absolute atomic E-state index is 0.0749. The molecule has 2 atom stereocenters. The van der Waals surface area contributed by atoms with Gasteiger partial charge in [-0.15, -0.1) is 0 Å². The number of pyridine rings is 1. The van der Waals surface area contributed by atoms with Crippen molar-refractivity contribution in [2.45, 2.75) is 76.5 Å². The van der Waals surface area contributed by atoms with Crippen molar-refractivity contribution in [1.29, 1.82) is 0 Å². The van der Waals surface area contributed by atoms with E-state index in [-0.39, 0.29) is 36.9 Å². The van der Waals surface area contributed by atoms with Crippen LogP contribution in [0.25, 0.3) is 0 Å². The van der Waals surface area contributed by atoms with Gasteiger partial charge in [-0.2, -0.15) is 0 Å². The fraction of sp³-hybridized carbons (Fsp3) is 0.636. The molecule has 3 aliphatic rings. The Labute approximate surface area is 176 Å². The number of carbonyl (C=O) groups is 3. The normalized spacial score (nSPS) is 26.8. The van der Waals surface area contributed by atoms with Crippen LogP contribution in [0.4, 0.5) is 4.79 Å². The van der Waals surface area contributed by atoms with Crippen LogP contribution in [0.5, 0.6) is 5.88 Å². The van der Waals surface area contributed by atoms with Crippen LogP contribution in [-0.2, 0) is 16.1 Å². The summed E-state index contributed by atoms with van der Waals surface area (Å²) in [5.74, 6) is 0.00180. The van der Waals surface area contributed by atoms with Crippen LogP contribution in [0, 0.1) is 5.92 Å². The summed E-state index contributed by atoms with van der Waals surface area (Å²) >= 11 is 0. The van der Waals surface area contributed by atoms with Crippen molar-refractivity contribution in [3.05, 3.63) is 23.9 Å². The van der Waals surface area contributed by atoms with Crippen LogP contribution in [0.1, 0.15) is 63.9 Å². The summed E-state index contributed by atoms with van der Waals surface area (Å²) in [6.07, 6.45) is 9.86. The third-order valence-electron chi connectivity index (χ3n) is 6.68. The van der Waals surface area contributed by atoms with Gasteiger partial charge in [0.25, 0.3) is 5.91 Å². The number of hydrogen-bond acceptors (Lipinski definition) is 5. The number of ether oxygens (including phenoxy) is 1. The lowest BCUT2D eigenvalue weighted by molar-refractivity contribution is -0.137. The highest BCUT2D eigenvalue weighted by Gasteiger charge is 2.55. The molecule has 4 amide bonds. The second kappa shape index (κ2) is 8.62. The van der Waals surface area contributed by atoms with Gasteiger partial charge < -0.3 is 15.4 Å². The molecule has 2 unspecified atom stereocenters. The van der Waals surface area contributed by atoms with E-state index < -0.39 is 11.6 Å². The quantitative estimate of drug-likeness (QED) is 0.697. The van der Waals surface area contributed by atoms with Gasteiger partial charge in [0.05, 0.1) is 0 Å². The summed E-state index contributed by atoms with van der Waals surface area (Å²) in [4.78, 5) is 43.1. The molecule has 8 heteroatoms. The molecular weight excluding hydrogens is 384 g/mol. The van der Waals surface area contributed by atoms with Crippen molar-refractivity contribution in [2.75, 3.05) is 6.54 Å². The van der Waals surface area contributed by atoms with Crippen molar-refractivity contribution in [3.63, 3.8) is 0 Å². The summed E-state index contributed by atoms with van der Waals surface area (Å²) in [6, 6.07) is 3.17. The van der Waals surface area contributed by atoms with Gasteiger partial charge in [-0.05, 0) is 56.1 Å². The van der Waals surface area contributed by atoms with E-state index in [2.05, 4.69) is 15.6 Å². The predicted octanol–water partition coefficient (Wildman–Crippen LogP) is 2.52. The predicted molar refractivity (Wildman–Crippen MR) is 110 cm³/mol. The van der Waals surface area contributed by atoms with Crippen LogP contribution in [0.15, 0.2) is 18.3 Å². The maximum Gasteiger partial charge on any atom is 0.325 e. The molecule has 30 heavy (non-hydrogen) atoms. The molecule has 8 nitrogen and oxygen atoms in total. The average molecular weight is 415 g/mol. The fourth-order valence-corrected chi connectivity index (χ4v) is 4.84. The van der Waals surface area contributed by atoms with E-state index in [1.54, 1.807) is 6.20 Å². The molecule has 0 radical (unpaired) electrons. The zero-order valence-electron chi connectivity index (χ0n) is 17.5. The van der Waals surface area contributed by atoms with Gasteiger partial charge in [0.2, 0.25) is 11.8 Å². The molecule has 3 fully saturated rings. The van der Waals surface area contributed by atoms with Crippen molar-refractivity contribution in [1.82, 2.24) is 20.5 Å². The Hall–Kier alpha value is -2.64. The first kappa shape index (κ1) is 20.6. The van der Waals surface area contributed by atoms with Gasteiger partial charge in [-0.1, -0.05) is 19.8 Å². The van der Waals surface area contributed by atoms with Crippen LogP contribution in [0.2, 0.25) is 0 Å². The van der Waals surface area contributed by atoms with Crippen LogP contribution < -0.4 is 15.4 Å². The number of imide groups is 1. The maximum absolute atomic E-state index is 13.0. The van der Waals surface area contributed by atoms with E-state index in [4.69, 9.17) is 4.74 Å². The second-order valence-electron chi connectivity index (χ2n) is 8.74. The van der Waals surface area contributed by atoms with Gasteiger partial charge in [0, 0.05) is 18.8 Å². The lowest BCUT2D eigenvalue weighted by Crippen LogP contribution is -2.54. The minimum atomic E-state index is -0.840. The number of rotatable bonds is 6. The van der Waals surface area contributed by atoms with Gasteiger partial charge in [0.1, 0.15) is 18.2 Å². The summed E-state index contributed by atoms with van der Waals surface area (Å²) in [5.41, 5.74) is 0.0219. The minimum Gasteiger partial charge on any atom is -0.474 e. The van der Waals surface area contributed by atoms with Crippen LogP contribution in [0.3, 0.4) is 0 Å². The van der Waals surface area contributed by atoms with Gasteiger partial charge >= 0.3 is 6.03 Å². The standard InChI is InChI=1S/C22H30N4O4/c1-15-6-4-5-10-22(15)20(28)26(21(29)25-22)14-18(27)24-13-16-9-11-23-19(12-16)30-17-7-2-3-8-17/h9,11-12,15,17H,2-8,10,13-14H2,1H3,(H,24,27)(H,25,29). The zero-order valence-corrected chi connectivity index (χ0v) is 17.5. The Morgan fingerprint density at radius 3 is 2.80 bits per heavy atom. The summed E-state index contributed by atoms with van der Waals surface area (Å²) in [6.45, 7) is 2.01. The van der Waals surface area contributed by atoms with E-state index in [0.29, 0.717) is 12.3 Å². The number of hydrogen-bond donors (Lipinski definition) is 2. The van der Waals surface area contributed by atoms with Crippen molar-refractivity contribution in [3.8, 4) is 5.88 Å². The molecular formula is C22H30N4O4. The second-order valence-corrected chi connectivity index (χ2v) is 8.74. The lowest BCUT2D eigenvalue weighted by Gasteiger charge is -2.36. The fourth-order valence-electron chi connectivity index (χ4n) is 4.84. The van der Waals surface area contributed by atoms with Crippen molar-refractivity contribution in [2.24, 2.45) is 5.92 Å². The third kappa shape index (κ3) is 4.13. The Kier molecular flexibility index (Phi) is 5.92. The summed E-state index contributed by atoms with van der Waals surface area (Å²) in [5, 5.41) is 5.67. The molecule has 2 saturated carbocycles. The zero-order chi connectivity index (χ0) is 21.1. The average Bonchev–Trinajstić information content (AvgIpc) is 3.32. The van der Waals surface area contributed by atoms with Crippen LogP contribution >= 0.6 is 0 Å². The van der Waals surface area contributed by atoms with E-state index in [0.717, 1.165) is 42.6 Å². The number of amides is 4. The number of nitrogens with one attached hydrogen (secondary N) is 2. The third-order valence-corrected chi connectivity index (χ3v) is 6.68. The lowest BCUT2D eigenvalue weighted by atomic mass is 9.73. The molecule has 0 aromatic carbocycles. The SMILES string of the molecule is CC1CCCCC12NC(=O)N(CC(=O)NCc1ccnc(OC3CCCC3)c1)C2=O. The number of aromatic nitrogens is 1. The van der Waals surface area contributed by atoms with Gasteiger partial charge in [0.15, 0.2) is 0 Å². The molecule has 1 spiro atoms. The molecule has 0 bridgehead atoms. The first-order valence-electron chi connectivity index (χ1n) is 11.0. The molecule has 4 rings (SSSR count). The molecule has 162 valence electrons. The Morgan fingerprint density at radius 2 is 2.03 bits per heavy atom. The first-order valence-corrected chi connectivity index (χ1v) is 11.0. The molecule has 1 aliphatic heterocycles. The largest absolute Gasteiger partial charge is 0.474 e. The van der Waals surface area contributed by atoms with Crippen molar-refractivity contribution >= 4 is 17.8 Å². The van der Waals surface area contributed by atoms with Crippen LogP contribution in [-0.4, -0.2) is 45.9 Å². The molecule has 1 saturated heterocycles. The Bertz CT molecular complexity index is 823. The van der Waals surface area contributed by atoms with Gasteiger partial charge in [-0.25, -0.2) is 9.78 Å². The highest BCUT2D eigenvalue weighted by Crippen LogP contribution is 2.38. The number of carbonyl (C=O) groups excluding carboxylic acids is 3. The highest BCUT2D eigenvalue weighted by molar-refractivity contribution is 6.09. The molecule has 2 aliphatic carbocycles. The van der Waals surface area contributed by atoms with E-state index in [1.807, 2.05) is 19.1 Å². The van der Waals surface area contributed by atoms with E-state index >= 15 is 0 Å². The first-order chi connectivity index (χ1) is 14.5.